The molecule has 1 amide bonds. The van der Waals surface area contributed by atoms with Crippen molar-refractivity contribution in [3.8, 4) is 0 Å². The number of halogens is 1. The predicted octanol–water partition coefficient (Wildman–Crippen LogP) is 2.09. The van der Waals surface area contributed by atoms with Gasteiger partial charge in [-0.1, -0.05) is 6.07 Å². The van der Waals surface area contributed by atoms with Crippen LogP contribution in [0.3, 0.4) is 0 Å². The lowest BCUT2D eigenvalue weighted by atomic mass is 9.97. The van der Waals surface area contributed by atoms with Gasteiger partial charge in [0, 0.05) is 18.7 Å². The highest BCUT2D eigenvalue weighted by atomic mass is 35.5. The molecular formula is C12H15ClN2O. The van der Waals surface area contributed by atoms with Crippen molar-refractivity contribution in [3.63, 3.8) is 0 Å². The minimum atomic E-state index is -0.0254. The SMILES string of the molecule is CNC(=O)c1ccc2c(c1C)CC[C@@H]2NCl. The van der Waals surface area contributed by atoms with Crippen LogP contribution in [0.2, 0.25) is 0 Å². The van der Waals surface area contributed by atoms with E-state index in [-0.39, 0.29) is 11.9 Å². The van der Waals surface area contributed by atoms with Gasteiger partial charge in [-0.2, -0.15) is 0 Å². The molecule has 0 bridgehead atoms. The number of amides is 1. The Labute approximate surface area is 100 Å². The van der Waals surface area contributed by atoms with Crippen molar-refractivity contribution in [2.75, 3.05) is 7.05 Å². The Morgan fingerprint density at radius 1 is 1.50 bits per heavy atom. The Morgan fingerprint density at radius 3 is 2.88 bits per heavy atom. The molecule has 1 atom stereocenters. The third-order valence-corrected chi connectivity index (χ3v) is 3.56. The maximum Gasteiger partial charge on any atom is 0.251 e. The molecule has 1 aromatic carbocycles. The van der Waals surface area contributed by atoms with Crippen molar-refractivity contribution >= 4 is 17.7 Å². The highest BCUT2D eigenvalue weighted by Gasteiger charge is 2.25. The van der Waals surface area contributed by atoms with Crippen molar-refractivity contribution in [1.29, 1.82) is 0 Å². The Bertz CT molecular complexity index is 431. The van der Waals surface area contributed by atoms with E-state index in [0.717, 1.165) is 24.0 Å². The molecule has 1 aliphatic carbocycles. The number of carbonyl (C=O) groups is 1. The first-order valence-corrected chi connectivity index (χ1v) is 5.77. The van der Waals surface area contributed by atoms with Crippen LogP contribution in [-0.2, 0) is 6.42 Å². The number of carbonyl (C=O) groups excluding carboxylic acids is 1. The van der Waals surface area contributed by atoms with Gasteiger partial charge in [-0.3, -0.25) is 4.79 Å². The normalized spacial score (nSPS) is 18.3. The molecular weight excluding hydrogens is 224 g/mol. The highest BCUT2D eigenvalue weighted by Crippen LogP contribution is 2.34. The van der Waals surface area contributed by atoms with Gasteiger partial charge < -0.3 is 5.32 Å². The number of fused-ring (bicyclic) bond motifs is 1. The quantitative estimate of drug-likeness (QED) is 0.775. The van der Waals surface area contributed by atoms with Crippen LogP contribution in [0.1, 0.15) is 39.5 Å². The molecule has 86 valence electrons. The Morgan fingerprint density at radius 2 is 2.25 bits per heavy atom. The first kappa shape index (κ1) is 11.4. The summed E-state index contributed by atoms with van der Waals surface area (Å²) < 4.78 is 0. The van der Waals surface area contributed by atoms with Crippen LogP contribution in [0.4, 0.5) is 0 Å². The lowest BCUT2D eigenvalue weighted by Gasteiger charge is -2.12. The molecule has 1 aromatic rings. The van der Waals surface area contributed by atoms with Crippen LogP contribution in [0.5, 0.6) is 0 Å². The van der Waals surface area contributed by atoms with Gasteiger partial charge in [-0.25, -0.2) is 4.84 Å². The van der Waals surface area contributed by atoms with Gasteiger partial charge in [-0.15, -0.1) is 0 Å². The summed E-state index contributed by atoms with van der Waals surface area (Å²) in [7, 11) is 1.65. The van der Waals surface area contributed by atoms with E-state index < -0.39 is 0 Å². The Hall–Kier alpha value is -1.06. The van der Waals surface area contributed by atoms with Gasteiger partial charge in [0.15, 0.2) is 0 Å². The number of hydrogen-bond donors (Lipinski definition) is 2. The van der Waals surface area contributed by atoms with Gasteiger partial charge in [0.2, 0.25) is 0 Å². The van der Waals surface area contributed by atoms with Gasteiger partial charge in [0.1, 0.15) is 0 Å². The van der Waals surface area contributed by atoms with Crippen LogP contribution >= 0.6 is 11.8 Å². The molecule has 3 nitrogen and oxygen atoms in total. The van der Waals surface area contributed by atoms with E-state index in [1.54, 1.807) is 7.05 Å². The molecule has 0 radical (unpaired) electrons. The van der Waals surface area contributed by atoms with Gasteiger partial charge in [0.05, 0.1) is 0 Å². The molecule has 0 aliphatic heterocycles. The summed E-state index contributed by atoms with van der Waals surface area (Å²) in [6, 6.07) is 4.09. The average Bonchev–Trinajstić information content (AvgIpc) is 2.72. The van der Waals surface area contributed by atoms with Crippen LogP contribution in [0, 0.1) is 6.92 Å². The van der Waals surface area contributed by atoms with Crippen LogP contribution in [-0.4, -0.2) is 13.0 Å². The number of hydrogen-bond acceptors (Lipinski definition) is 2. The van der Waals surface area contributed by atoms with E-state index in [4.69, 9.17) is 11.8 Å². The first-order valence-electron chi connectivity index (χ1n) is 5.39. The topological polar surface area (TPSA) is 41.1 Å². The zero-order valence-electron chi connectivity index (χ0n) is 9.43. The van der Waals surface area contributed by atoms with Crippen LogP contribution in [0.15, 0.2) is 12.1 Å². The van der Waals surface area contributed by atoms with Crippen molar-refractivity contribution in [3.05, 3.63) is 34.4 Å². The second-order valence-corrected chi connectivity index (χ2v) is 4.30. The minimum Gasteiger partial charge on any atom is -0.355 e. The molecule has 1 aliphatic rings. The Balaban J connectivity index is 2.46. The zero-order chi connectivity index (χ0) is 11.7. The van der Waals surface area contributed by atoms with Crippen molar-refractivity contribution in [2.24, 2.45) is 0 Å². The number of rotatable bonds is 2. The summed E-state index contributed by atoms with van der Waals surface area (Å²) in [5.41, 5.74) is 4.32. The molecule has 2 N–H and O–H groups in total. The van der Waals surface area contributed by atoms with E-state index >= 15 is 0 Å². The van der Waals surface area contributed by atoms with Crippen molar-refractivity contribution in [1.82, 2.24) is 10.2 Å². The van der Waals surface area contributed by atoms with Crippen molar-refractivity contribution in [2.45, 2.75) is 25.8 Å². The smallest absolute Gasteiger partial charge is 0.251 e. The van der Waals surface area contributed by atoms with Gasteiger partial charge in [0.25, 0.3) is 5.91 Å². The fourth-order valence-corrected chi connectivity index (χ4v) is 2.60. The fourth-order valence-electron chi connectivity index (χ4n) is 2.37. The van der Waals surface area contributed by atoms with Crippen LogP contribution < -0.4 is 10.2 Å². The maximum atomic E-state index is 11.6. The van der Waals surface area contributed by atoms with E-state index in [1.165, 1.54) is 11.1 Å². The summed E-state index contributed by atoms with van der Waals surface area (Å²) >= 11 is 5.69. The Kier molecular flexibility index (Phi) is 3.17. The minimum absolute atomic E-state index is 0.0254. The molecule has 4 heteroatoms. The lowest BCUT2D eigenvalue weighted by Crippen LogP contribution is -2.19. The largest absolute Gasteiger partial charge is 0.355 e. The zero-order valence-corrected chi connectivity index (χ0v) is 10.2. The molecule has 0 saturated heterocycles. The third kappa shape index (κ3) is 1.70. The summed E-state index contributed by atoms with van der Waals surface area (Å²) in [6.07, 6.45) is 1.98. The van der Waals surface area contributed by atoms with E-state index in [1.807, 2.05) is 19.1 Å². The summed E-state index contributed by atoms with van der Waals surface area (Å²) in [5, 5.41) is 2.66. The highest BCUT2D eigenvalue weighted by molar-refractivity contribution is 6.13. The monoisotopic (exact) mass is 238 g/mol. The summed E-state index contributed by atoms with van der Waals surface area (Å²) in [4.78, 5) is 14.4. The number of benzene rings is 1. The lowest BCUT2D eigenvalue weighted by molar-refractivity contribution is 0.0962. The number of nitrogens with one attached hydrogen (secondary N) is 2. The average molecular weight is 239 g/mol. The summed E-state index contributed by atoms with van der Waals surface area (Å²) in [5.74, 6) is -0.0254. The standard InChI is InChI=1S/C12H15ClN2O/c1-7-8-5-6-11(15-13)10(8)4-3-9(7)12(16)14-2/h3-4,11,15H,5-6H2,1-2H3,(H,14,16)/t11-/m0/s1. The van der Waals surface area contributed by atoms with Gasteiger partial charge in [-0.05, 0) is 54.3 Å². The molecule has 0 spiro atoms. The molecule has 0 heterocycles. The van der Waals surface area contributed by atoms with E-state index in [9.17, 15) is 4.79 Å². The third-order valence-electron chi connectivity index (χ3n) is 3.30. The van der Waals surface area contributed by atoms with Crippen LogP contribution in [0.25, 0.3) is 0 Å². The predicted molar refractivity (Wildman–Crippen MR) is 64.6 cm³/mol. The molecule has 0 unspecified atom stereocenters. The molecule has 16 heavy (non-hydrogen) atoms. The molecule has 0 fully saturated rings. The second-order valence-electron chi connectivity index (χ2n) is 4.09. The summed E-state index contributed by atoms with van der Waals surface area (Å²) in [6.45, 7) is 2.00. The second kappa shape index (κ2) is 4.44. The van der Waals surface area contributed by atoms with Crippen molar-refractivity contribution < 1.29 is 4.79 Å². The molecule has 2 rings (SSSR count). The fraction of sp³-hybridized carbons (Fsp3) is 0.417. The van der Waals surface area contributed by atoms with Gasteiger partial charge >= 0.3 is 0 Å². The first-order chi connectivity index (χ1) is 7.69. The molecule has 0 aromatic heterocycles. The van der Waals surface area contributed by atoms with E-state index in [0.29, 0.717) is 0 Å². The molecule has 0 saturated carbocycles. The maximum absolute atomic E-state index is 11.6. The van der Waals surface area contributed by atoms with E-state index in [2.05, 4.69) is 10.2 Å².